The van der Waals surface area contributed by atoms with Crippen molar-refractivity contribution in [2.75, 3.05) is 18.0 Å². The number of benzene rings is 1. The Bertz CT molecular complexity index is 330. The van der Waals surface area contributed by atoms with Crippen LogP contribution in [0.3, 0.4) is 0 Å². The number of nitrogens with zero attached hydrogens (tertiary/aromatic N) is 1. The third kappa shape index (κ3) is 2.41. The molecule has 0 unspecified atom stereocenters. The molecule has 2 rings (SSSR count). The van der Waals surface area contributed by atoms with Crippen molar-refractivity contribution >= 4 is 5.69 Å². The number of unbranched alkanes of at least 4 members (excludes halogenated alkanes) is 1. The maximum atomic E-state index is 3.77. The summed E-state index contributed by atoms with van der Waals surface area (Å²) in [6.07, 6.45) is 6.89. The van der Waals surface area contributed by atoms with Crippen LogP contribution in [0.5, 0.6) is 0 Å². The fraction of sp³-hybridized carbons (Fsp3) is 0.429. The molecule has 0 bridgehead atoms. The first-order valence-corrected chi connectivity index (χ1v) is 5.85. The summed E-state index contributed by atoms with van der Waals surface area (Å²) in [5.74, 6) is 0. The lowest BCUT2D eigenvalue weighted by atomic mass is 10.0. The van der Waals surface area contributed by atoms with Gasteiger partial charge in [-0.15, -0.1) is 6.58 Å². The lowest BCUT2D eigenvalue weighted by Gasteiger charge is -2.31. The Morgan fingerprint density at radius 1 is 1.33 bits per heavy atom. The van der Waals surface area contributed by atoms with Crippen LogP contribution in [0.25, 0.3) is 0 Å². The largest absolute Gasteiger partial charge is 0.371 e. The fourth-order valence-corrected chi connectivity index (χ4v) is 2.27. The summed E-state index contributed by atoms with van der Waals surface area (Å²) in [5.41, 5.74) is 2.97. The molecule has 1 aromatic rings. The molecule has 80 valence electrons. The molecule has 1 heteroatoms. The number of rotatable bonds is 4. The molecule has 0 saturated carbocycles. The van der Waals surface area contributed by atoms with Crippen LogP contribution in [0.4, 0.5) is 5.69 Å². The average Bonchev–Trinajstić information content (AvgIpc) is 2.30. The Morgan fingerprint density at radius 3 is 3.07 bits per heavy atom. The second-order valence-corrected chi connectivity index (χ2v) is 4.15. The smallest absolute Gasteiger partial charge is 0.0398 e. The molecule has 1 heterocycles. The quantitative estimate of drug-likeness (QED) is 0.533. The highest BCUT2D eigenvalue weighted by molar-refractivity contribution is 5.55. The molecule has 0 fully saturated rings. The molecule has 1 aliphatic heterocycles. The number of hydrogen-bond acceptors (Lipinski definition) is 1. The summed E-state index contributed by atoms with van der Waals surface area (Å²) in [6.45, 7) is 6.16. The predicted molar refractivity (Wildman–Crippen MR) is 66.4 cm³/mol. The topological polar surface area (TPSA) is 3.24 Å². The van der Waals surface area contributed by atoms with Crippen LogP contribution >= 0.6 is 0 Å². The van der Waals surface area contributed by atoms with Crippen molar-refractivity contribution in [3.05, 3.63) is 42.5 Å². The second kappa shape index (κ2) is 5.01. The molecule has 15 heavy (non-hydrogen) atoms. The fourth-order valence-electron chi connectivity index (χ4n) is 2.27. The van der Waals surface area contributed by atoms with Crippen molar-refractivity contribution in [3.63, 3.8) is 0 Å². The minimum absolute atomic E-state index is 1.12. The van der Waals surface area contributed by atoms with E-state index < -0.39 is 0 Å². The van der Waals surface area contributed by atoms with Gasteiger partial charge in [0.15, 0.2) is 0 Å². The van der Waals surface area contributed by atoms with Crippen molar-refractivity contribution in [2.45, 2.75) is 25.7 Å². The van der Waals surface area contributed by atoms with Gasteiger partial charge in [-0.05, 0) is 37.3 Å². The number of allylic oxidation sites excluding steroid dienone is 1. The van der Waals surface area contributed by atoms with E-state index in [1.165, 1.54) is 43.6 Å². The van der Waals surface area contributed by atoms with Gasteiger partial charge in [0.25, 0.3) is 0 Å². The van der Waals surface area contributed by atoms with Crippen LogP contribution in [0.15, 0.2) is 36.9 Å². The maximum Gasteiger partial charge on any atom is 0.0398 e. The first kappa shape index (κ1) is 10.3. The zero-order chi connectivity index (χ0) is 10.5. The first-order chi connectivity index (χ1) is 7.42. The Hall–Kier alpha value is -1.24. The van der Waals surface area contributed by atoms with Crippen LogP contribution in [0.2, 0.25) is 0 Å². The van der Waals surface area contributed by atoms with E-state index in [0.29, 0.717) is 0 Å². The van der Waals surface area contributed by atoms with E-state index >= 15 is 0 Å². The number of hydrogen-bond donors (Lipinski definition) is 0. The Morgan fingerprint density at radius 2 is 2.20 bits per heavy atom. The van der Waals surface area contributed by atoms with Crippen LogP contribution in [-0.2, 0) is 6.42 Å². The van der Waals surface area contributed by atoms with Crippen molar-refractivity contribution in [1.29, 1.82) is 0 Å². The van der Waals surface area contributed by atoms with Crippen LogP contribution in [-0.4, -0.2) is 13.1 Å². The number of para-hydroxylation sites is 1. The van der Waals surface area contributed by atoms with E-state index in [9.17, 15) is 0 Å². The third-order valence-electron chi connectivity index (χ3n) is 3.04. The van der Waals surface area contributed by atoms with Gasteiger partial charge in [0.05, 0.1) is 0 Å². The van der Waals surface area contributed by atoms with Gasteiger partial charge < -0.3 is 4.90 Å². The van der Waals surface area contributed by atoms with Crippen LogP contribution < -0.4 is 4.90 Å². The molecule has 0 radical (unpaired) electrons. The molecule has 0 aliphatic carbocycles. The van der Waals surface area contributed by atoms with Crippen LogP contribution in [0, 0.1) is 0 Å². The van der Waals surface area contributed by atoms with E-state index in [1.807, 2.05) is 6.08 Å². The number of fused-ring (bicyclic) bond motifs is 1. The SMILES string of the molecule is C=CCCCN1CCCc2ccccc21. The van der Waals surface area contributed by atoms with Gasteiger partial charge in [-0.3, -0.25) is 0 Å². The molecular formula is C14H19N. The van der Waals surface area contributed by atoms with E-state index in [2.05, 4.69) is 35.7 Å². The van der Waals surface area contributed by atoms with E-state index in [4.69, 9.17) is 0 Å². The average molecular weight is 201 g/mol. The zero-order valence-electron chi connectivity index (χ0n) is 9.28. The zero-order valence-corrected chi connectivity index (χ0v) is 9.28. The van der Waals surface area contributed by atoms with Gasteiger partial charge in [-0.2, -0.15) is 0 Å². The molecule has 1 aromatic carbocycles. The lowest BCUT2D eigenvalue weighted by molar-refractivity contribution is 0.668. The van der Waals surface area contributed by atoms with Crippen molar-refractivity contribution in [3.8, 4) is 0 Å². The molecule has 1 aliphatic rings. The summed E-state index contributed by atoms with van der Waals surface area (Å²) < 4.78 is 0. The lowest BCUT2D eigenvalue weighted by Crippen LogP contribution is -2.30. The standard InChI is InChI=1S/C14H19N/c1-2-3-6-11-15-12-7-9-13-8-4-5-10-14(13)15/h2,4-5,8,10H,1,3,6-7,9,11-12H2. The van der Waals surface area contributed by atoms with Gasteiger partial charge in [-0.1, -0.05) is 24.3 Å². The Kier molecular flexibility index (Phi) is 3.44. The normalized spacial score (nSPS) is 14.8. The molecule has 0 N–H and O–H groups in total. The third-order valence-corrected chi connectivity index (χ3v) is 3.04. The highest BCUT2D eigenvalue weighted by atomic mass is 15.1. The van der Waals surface area contributed by atoms with E-state index in [-0.39, 0.29) is 0 Å². The highest BCUT2D eigenvalue weighted by Crippen LogP contribution is 2.26. The highest BCUT2D eigenvalue weighted by Gasteiger charge is 2.14. The maximum absolute atomic E-state index is 3.77. The predicted octanol–water partition coefficient (Wildman–Crippen LogP) is 3.41. The van der Waals surface area contributed by atoms with Crippen molar-refractivity contribution in [1.82, 2.24) is 0 Å². The Balaban J connectivity index is 2.05. The van der Waals surface area contributed by atoms with E-state index in [0.717, 1.165) is 6.42 Å². The van der Waals surface area contributed by atoms with Gasteiger partial charge >= 0.3 is 0 Å². The van der Waals surface area contributed by atoms with E-state index in [1.54, 1.807) is 0 Å². The molecular weight excluding hydrogens is 182 g/mol. The molecule has 1 nitrogen and oxygen atoms in total. The summed E-state index contributed by atoms with van der Waals surface area (Å²) in [7, 11) is 0. The number of aryl methyl sites for hydroxylation is 1. The Labute approximate surface area is 92.4 Å². The van der Waals surface area contributed by atoms with Gasteiger partial charge in [0, 0.05) is 18.8 Å². The van der Waals surface area contributed by atoms with Crippen molar-refractivity contribution in [2.24, 2.45) is 0 Å². The van der Waals surface area contributed by atoms with Crippen LogP contribution in [0.1, 0.15) is 24.8 Å². The molecule has 0 spiro atoms. The summed E-state index contributed by atoms with van der Waals surface area (Å²) in [4.78, 5) is 2.52. The molecule has 0 saturated heterocycles. The molecule has 0 aromatic heterocycles. The minimum Gasteiger partial charge on any atom is -0.371 e. The first-order valence-electron chi connectivity index (χ1n) is 5.85. The second-order valence-electron chi connectivity index (χ2n) is 4.15. The van der Waals surface area contributed by atoms with Gasteiger partial charge in [0.1, 0.15) is 0 Å². The van der Waals surface area contributed by atoms with Crippen molar-refractivity contribution < 1.29 is 0 Å². The monoisotopic (exact) mass is 201 g/mol. The minimum atomic E-state index is 1.12. The summed E-state index contributed by atoms with van der Waals surface area (Å²) >= 11 is 0. The molecule has 0 amide bonds. The molecule has 0 atom stereocenters. The number of anilines is 1. The van der Waals surface area contributed by atoms with Gasteiger partial charge in [0.2, 0.25) is 0 Å². The summed E-state index contributed by atoms with van der Waals surface area (Å²) in [6, 6.07) is 8.80. The summed E-state index contributed by atoms with van der Waals surface area (Å²) in [5, 5.41) is 0. The van der Waals surface area contributed by atoms with Gasteiger partial charge in [-0.25, -0.2) is 0 Å².